The molecule has 0 bridgehead atoms. The Bertz CT molecular complexity index is 856. The standard InChI is InChI=1S/C23H28N2O4/c1-28-22-8-3-2-7-21(22)16-5-4-6-17(11-16)23(27)24-18-12-19-15-29-20(9-10-26)14-25(19)13-18/h2-8,11,18-20,26H,9-10,12-15H2,1H3,(H,24,27)/t18-,19+,20+/m1/s1. The van der Waals surface area contributed by atoms with E-state index >= 15 is 0 Å². The number of nitrogens with one attached hydrogen (secondary N) is 1. The fourth-order valence-electron chi connectivity index (χ4n) is 4.35. The molecule has 2 N–H and O–H groups in total. The molecule has 0 radical (unpaired) electrons. The summed E-state index contributed by atoms with van der Waals surface area (Å²) in [5.74, 6) is 0.731. The van der Waals surface area contributed by atoms with Gasteiger partial charge >= 0.3 is 0 Å². The van der Waals surface area contributed by atoms with Gasteiger partial charge in [0.1, 0.15) is 5.75 Å². The summed E-state index contributed by atoms with van der Waals surface area (Å²) in [7, 11) is 1.65. The predicted octanol–water partition coefficient (Wildman–Crippen LogP) is 2.32. The van der Waals surface area contributed by atoms with Gasteiger partial charge in [0.15, 0.2) is 0 Å². The summed E-state index contributed by atoms with van der Waals surface area (Å²) >= 11 is 0. The third-order valence-corrected chi connectivity index (χ3v) is 5.82. The van der Waals surface area contributed by atoms with E-state index in [9.17, 15) is 4.79 Å². The molecule has 29 heavy (non-hydrogen) atoms. The summed E-state index contributed by atoms with van der Waals surface area (Å²) < 4.78 is 11.3. The van der Waals surface area contributed by atoms with Crippen LogP contribution in [-0.2, 0) is 4.74 Å². The number of nitrogens with zero attached hydrogens (tertiary/aromatic N) is 1. The topological polar surface area (TPSA) is 71.0 Å². The molecule has 0 aromatic heterocycles. The van der Waals surface area contributed by atoms with E-state index in [1.54, 1.807) is 7.11 Å². The fourth-order valence-corrected chi connectivity index (χ4v) is 4.35. The number of fused-ring (bicyclic) bond motifs is 1. The molecule has 0 unspecified atom stereocenters. The molecule has 2 aromatic rings. The second kappa shape index (κ2) is 8.95. The Morgan fingerprint density at radius 3 is 2.93 bits per heavy atom. The minimum absolute atomic E-state index is 0.0561. The molecule has 2 aliphatic rings. The molecule has 3 atom stereocenters. The molecule has 1 amide bonds. The summed E-state index contributed by atoms with van der Waals surface area (Å²) in [6.07, 6.45) is 1.64. The molecule has 154 valence electrons. The van der Waals surface area contributed by atoms with Crippen molar-refractivity contribution in [3.8, 4) is 16.9 Å². The molecular formula is C23H28N2O4. The summed E-state index contributed by atoms with van der Waals surface area (Å²) in [5.41, 5.74) is 2.57. The first-order chi connectivity index (χ1) is 14.2. The molecule has 0 aliphatic carbocycles. The van der Waals surface area contributed by atoms with Crippen LogP contribution in [-0.4, -0.2) is 67.5 Å². The minimum Gasteiger partial charge on any atom is -0.496 e. The van der Waals surface area contributed by atoms with Gasteiger partial charge in [-0.1, -0.05) is 30.3 Å². The van der Waals surface area contributed by atoms with Crippen molar-refractivity contribution in [2.45, 2.75) is 31.0 Å². The van der Waals surface area contributed by atoms with Crippen molar-refractivity contribution in [1.29, 1.82) is 0 Å². The monoisotopic (exact) mass is 396 g/mol. The molecule has 6 nitrogen and oxygen atoms in total. The van der Waals surface area contributed by atoms with Crippen molar-refractivity contribution in [2.75, 3.05) is 33.4 Å². The Morgan fingerprint density at radius 2 is 2.10 bits per heavy atom. The van der Waals surface area contributed by atoms with Gasteiger partial charge in [-0.25, -0.2) is 0 Å². The van der Waals surface area contributed by atoms with Crippen LogP contribution in [0.3, 0.4) is 0 Å². The van der Waals surface area contributed by atoms with Gasteiger partial charge in [0.05, 0.1) is 19.8 Å². The molecule has 2 aromatic carbocycles. The van der Waals surface area contributed by atoms with Crippen LogP contribution in [0.25, 0.3) is 11.1 Å². The SMILES string of the molecule is COc1ccccc1-c1cccc(C(=O)N[C@@H]2C[C@H]3CO[C@@H](CCO)CN3C2)c1. The van der Waals surface area contributed by atoms with Crippen LogP contribution in [0, 0.1) is 0 Å². The Balaban J connectivity index is 1.42. The highest BCUT2D eigenvalue weighted by atomic mass is 16.5. The van der Waals surface area contributed by atoms with Crippen molar-refractivity contribution < 1.29 is 19.4 Å². The zero-order chi connectivity index (χ0) is 20.2. The van der Waals surface area contributed by atoms with Gasteiger partial charge in [0.25, 0.3) is 5.91 Å². The number of morpholine rings is 1. The van der Waals surface area contributed by atoms with Gasteiger partial charge in [0, 0.05) is 42.9 Å². The highest BCUT2D eigenvalue weighted by molar-refractivity contribution is 5.95. The average molecular weight is 396 g/mol. The molecule has 6 heteroatoms. The zero-order valence-electron chi connectivity index (χ0n) is 16.7. The zero-order valence-corrected chi connectivity index (χ0v) is 16.7. The number of methoxy groups -OCH3 is 1. The van der Waals surface area contributed by atoms with E-state index in [0.29, 0.717) is 24.6 Å². The number of aliphatic hydroxyl groups excluding tert-OH is 1. The van der Waals surface area contributed by atoms with Gasteiger partial charge in [-0.2, -0.15) is 0 Å². The Kier molecular flexibility index (Phi) is 6.13. The summed E-state index contributed by atoms with van der Waals surface area (Å²) in [5, 5.41) is 12.3. The number of ether oxygens (including phenoxy) is 2. The molecule has 2 heterocycles. The number of aliphatic hydroxyl groups is 1. The number of hydrogen-bond acceptors (Lipinski definition) is 5. The van der Waals surface area contributed by atoms with Gasteiger partial charge < -0.3 is 19.9 Å². The molecular weight excluding hydrogens is 368 g/mol. The van der Waals surface area contributed by atoms with Crippen LogP contribution in [0.4, 0.5) is 0 Å². The Labute approximate surface area is 171 Å². The number of benzene rings is 2. The van der Waals surface area contributed by atoms with Crippen molar-refractivity contribution in [3.05, 3.63) is 54.1 Å². The lowest BCUT2D eigenvalue weighted by atomic mass is 10.0. The summed E-state index contributed by atoms with van der Waals surface area (Å²) in [6, 6.07) is 15.9. The second-order valence-electron chi connectivity index (χ2n) is 7.76. The van der Waals surface area contributed by atoms with E-state index in [1.165, 1.54) is 0 Å². The van der Waals surface area contributed by atoms with Gasteiger partial charge in [-0.3, -0.25) is 9.69 Å². The van der Waals surface area contributed by atoms with Crippen LogP contribution in [0.2, 0.25) is 0 Å². The van der Waals surface area contributed by atoms with Gasteiger partial charge in [-0.05, 0) is 36.6 Å². The smallest absolute Gasteiger partial charge is 0.251 e. The quantitative estimate of drug-likeness (QED) is 0.784. The normalized spacial score (nSPS) is 24.1. The molecule has 2 saturated heterocycles. The Hall–Kier alpha value is -2.41. The summed E-state index contributed by atoms with van der Waals surface area (Å²) in [4.78, 5) is 15.3. The summed E-state index contributed by atoms with van der Waals surface area (Å²) in [6.45, 7) is 2.46. The van der Waals surface area contributed by atoms with Crippen LogP contribution in [0.5, 0.6) is 5.75 Å². The van der Waals surface area contributed by atoms with E-state index in [2.05, 4.69) is 10.2 Å². The number of carbonyl (C=O) groups excluding carboxylic acids is 1. The first kappa shape index (κ1) is 19.9. The molecule has 0 spiro atoms. The van der Waals surface area contributed by atoms with Crippen molar-refractivity contribution in [2.24, 2.45) is 0 Å². The first-order valence-corrected chi connectivity index (χ1v) is 10.2. The predicted molar refractivity (Wildman–Crippen MR) is 111 cm³/mol. The molecule has 4 rings (SSSR count). The van der Waals surface area contributed by atoms with Crippen molar-refractivity contribution in [3.63, 3.8) is 0 Å². The minimum atomic E-state index is -0.0561. The first-order valence-electron chi connectivity index (χ1n) is 10.2. The number of hydrogen-bond donors (Lipinski definition) is 2. The van der Waals surface area contributed by atoms with Crippen molar-refractivity contribution >= 4 is 5.91 Å². The van der Waals surface area contributed by atoms with E-state index in [-0.39, 0.29) is 24.7 Å². The maximum absolute atomic E-state index is 12.9. The maximum Gasteiger partial charge on any atom is 0.251 e. The lowest BCUT2D eigenvalue weighted by Gasteiger charge is -2.34. The lowest BCUT2D eigenvalue weighted by Crippen LogP contribution is -2.46. The second-order valence-corrected chi connectivity index (χ2v) is 7.76. The van der Waals surface area contributed by atoms with Gasteiger partial charge in [0.2, 0.25) is 0 Å². The van der Waals surface area contributed by atoms with E-state index < -0.39 is 0 Å². The van der Waals surface area contributed by atoms with E-state index in [0.717, 1.165) is 36.4 Å². The van der Waals surface area contributed by atoms with E-state index in [4.69, 9.17) is 14.6 Å². The van der Waals surface area contributed by atoms with Crippen LogP contribution >= 0.6 is 0 Å². The van der Waals surface area contributed by atoms with Crippen LogP contribution < -0.4 is 10.1 Å². The lowest BCUT2D eigenvalue weighted by molar-refractivity contribution is -0.0566. The molecule has 0 saturated carbocycles. The largest absolute Gasteiger partial charge is 0.496 e. The number of carbonyl (C=O) groups is 1. The number of rotatable bonds is 6. The molecule has 2 aliphatic heterocycles. The van der Waals surface area contributed by atoms with Gasteiger partial charge in [-0.15, -0.1) is 0 Å². The van der Waals surface area contributed by atoms with E-state index in [1.807, 2.05) is 48.5 Å². The molecule has 2 fully saturated rings. The highest BCUT2D eigenvalue weighted by Gasteiger charge is 2.37. The third kappa shape index (κ3) is 4.45. The van der Waals surface area contributed by atoms with Crippen LogP contribution in [0.1, 0.15) is 23.2 Å². The maximum atomic E-state index is 12.9. The third-order valence-electron chi connectivity index (χ3n) is 5.82. The highest BCUT2D eigenvalue weighted by Crippen LogP contribution is 2.30. The van der Waals surface area contributed by atoms with Crippen LogP contribution in [0.15, 0.2) is 48.5 Å². The Morgan fingerprint density at radius 1 is 1.24 bits per heavy atom. The number of amides is 1. The fraction of sp³-hybridized carbons (Fsp3) is 0.435. The number of para-hydroxylation sites is 1. The van der Waals surface area contributed by atoms with Crippen molar-refractivity contribution in [1.82, 2.24) is 10.2 Å². The average Bonchev–Trinajstić information content (AvgIpc) is 3.15.